The van der Waals surface area contributed by atoms with Gasteiger partial charge in [0.15, 0.2) is 5.17 Å². The number of hydrogen-bond donors (Lipinski definition) is 0. The zero-order valence-corrected chi connectivity index (χ0v) is 16.1. The third-order valence-corrected chi connectivity index (χ3v) is 5.01. The van der Waals surface area contributed by atoms with Gasteiger partial charge in [0.1, 0.15) is 18.2 Å². The van der Waals surface area contributed by atoms with Gasteiger partial charge in [-0.25, -0.2) is 4.39 Å². The number of aliphatic imine (C=N–C) groups is 1. The molecule has 140 valence electrons. The normalized spacial score (nSPS) is 17.1. The number of halogens is 1. The summed E-state index contributed by atoms with van der Waals surface area (Å²) in [7, 11) is 0. The number of hydrogen-bond acceptors (Lipinski definition) is 4. The van der Waals surface area contributed by atoms with Crippen molar-refractivity contribution in [3.8, 4) is 5.75 Å². The third kappa shape index (κ3) is 4.77. The first-order valence-corrected chi connectivity index (χ1v) is 9.65. The van der Waals surface area contributed by atoms with E-state index in [0.717, 1.165) is 16.3 Å². The van der Waals surface area contributed by atoms with Gasteiger partial charge in [0, 0.05) is 13.1 Å². The van der Waals surface area contributed by atoms with E-state index in [0.29, 0.717) is 30.4 Å². The van der Waals surface area contributed by atoms with Crippen molar-refractivity contribution in [1.29, 1.82) is 0 Å². The second-order valence-electron chi connectivity index (χ2n) is 5.90. The monoisotopic (exact) mass is 384 g/mol. The second-order valence-corrected chi connectivity index (χ2v) is 6.91. The highest BCUT2D eigenvalue weighted by atomic mass is 32.2. The molecule has 0 atom stereocenters. The highest BCUT2D eigenvalue weighted by Crippen LogP contribution is 2.32. The lowest BCUT2D eigenvalue weighted by Gasteiger charge is -2.11. The van der Waals surface area contributed by atoms with Gasteiger partial charge in [-0.2, -0.15) is 0 Å². The molecule has 0 unspecified atom stereocenters. The molecule has 1 aliphatic heterocycles. The fraction of sp³-hybridized carbons (Fsp3) is 0.238. The van der Waals surface area contributed by atoms with Crippen molar-refractivity contribution in [3.63, 3.8) is 0 Å². The Labute approximate surface area is 162 Å². The zero-order valence-electron chi connectivity index (χ0n) is 15.3. The number of amidine groups is 1. The third-order valence-electron chi connectivity index (χ3n) is 3.97. The van der Waals surface area contributed by atoms with Crippen molar-refractivity contribution in [3.05, 3.63) is 70.4 Å². The van der Waals surface area contributed by atoms with E-state index in [1.54, 1.807) is 11.0 Å². The quantitative estimate of drug-likeness (QED) is 0.677. The molecule has 4 nitrogen and oxygen atoms in total. The molecule has 2 aromatic carbocycles. The molecule has 0 bridgehead atoms. The Balaban J connectivity index is 1.67. The number of thioether (sulfide) groups is 1. The van der Waals surface area contributed by atoms with Gasteiger partial charge < -0.3 is 4.74 Å². The van der Waals surface area contributed by atoms with Crippen LogP contribution in [0.25, 0.3) is 6.08 Å². The number of carbonyl (C=O) groups excluding carboxylic acids is 1. The molecule has 3 rings (SSSR count). The molecule has 0 saturated carbocycles. The minimum absolute atomic E-state index is 0.0128. The predicted octanol–water partition coefficient (Wildman–Crippen LogP) is 4.72. The lowest BCUT2D eigenvalue weighted by atomic mass is 10.2. The van der Waals surface area contributed by atoms with Crippen molar-refractivity contribution in [1.82, 2.24) is 4.90 Å². The van der Waals surface area contributed by atoms with Crippen LogP contribution in [0.2, 0.25) is 0 Å². The van der Waals surface area contributed by atoms with Gasteiger partial charge >= 0.3 is 0 Å². The Morgan fingerprint density at radius 2 is 1.96 bits per heavy atom. The maximum atomic E-state index is 13.2. The molecule has 0 aliphatic carbocycles. The van der Waals surface area contributed by atoms with Gasteiger partial charge in [0.25, 0.3) is 5.91 Å². The van der Waals surface area contributed by atoms with E-state index in [1.807, 2.05) is 50.3 Å². The average molecular weight is 384 g/mol. The van der Waals surface area contributed by atoms with Crippen LogP contribution in [-0.4, -0.2) is 29.1 Å². The topological polar surface area (TPSA) is 41.9 Å². The van der Waals surface area contributed by atoms with E-state index < -0.39 is 0 Å². The summed E-state index contributed by atoms with van der Waals surface area (Å²) in [6.07, 6.45) is 1.87. The summed E-state index contributed by atoms with van der Waals surface area (Å²) in [6, 6.07) is 13.8. The van der Waals surface area contributed by atoms with E-state index in [-0.39, 0.29) is 11.7 Å². The summed E-state index contributed by atoms with van der Waals surface area (Å²) >= 11 is 1.40. The van der Waals surface area contributed by atoms with Crippen LogP contribution in [0, 0.1) is 5.82 Å². The van der Waals surface area contributed by atoms with E-state index in [1.165, 1.54) is 23.9 Å². The Hall–Kier alpha value is -2.60. The molecule has 6 heteroatoms. The molecule has 2 aromatic rings. The summed E-state index contributed by atoms with van der Waals surface area (Å²) in [6.45, 7) is 5.45. The molecule has 0 spiro atoms. The molecule has 0 aromatic heterocycles. The zero-order chi connectivity index (χ0) is 19.2. The number of ether oxygens (including phenoxy) is 1. The largest absolute Gasteiger partial charge is 0.489 e. The van der Waals surface area contributed by atoms with Crippen LogP contribution in [-0.2, 0) is 11.4 Å². The van der Waals surface area contributed by atoms with Crippen molar-refractivity contribution in [2.24, 2.45) is 4.99 Å². The first kappa shape index (κ1) is 19.2. The minimum atomic E-state index is -0.274. The van der Waals surface area contributed by atoms with Crippen LogP contribution in [0.15, 0.2) is 58.4 Å². The van der Waals surface area contributed by atoms with Crippen molar-refractivity contribution in [2.75, 3.05) is 13.1 Å². The van der Waals surface area contributed by atoms with Crippen LogP contribution in [0.5, 0.6) is 5.75 Å². The molecule has 1 amide bonds. The lowest BCUT2D eigenvalue weighted by Crippen LogP contribution is -2.28. The van der Waals surface area contributed by atoms with E-state index in [9.17, 15) is 9.18 Å². The number of benzene rings is 2. The predicted molar refractivity (Wildman–Crippen MR) is 108 cm³/mol. The molecule has 0 radical (unpaired) electrons. The summed E-state index contributed by atoms with van der Waals surface area (Å²) in [5.41, 5.74) is 1.69. The van der Waals surface area contributed by atoms with Crippen LogP contribution in [0.3, 0.4) is 0 Å². The highest BCUT2D eigenvalue weighted by molar-refractivity contribution is 8.18. The van der Waals surface area contributed by atoms with E-state index >= 15 is 0 Å². The number of carbonyl (C=O) groups is 1. The first-order chi connectivity index (χ1) is 13.1. The van der Waals surface area contributed by atoms with Gasteiger partial charge in [-0.05, 0) is 67.1 Å². The van der Waals surface area contributed by atoms with Crippen LogP contribution < -0.4 is 4.74 Å². The maximum absolute atomic E-state index is 13.2. The summed E-state index contributed by atoms with van der Waals surface area (Å²) in [5, 5.41) is 0.756. The number of likely N-dealkylation sites (N-methyl/N-ethyl adjacent to an activating group) is 1. The molecular formula is C21H21FN2O2S. The Morgan fingerprint density at radius 1 is 1.19 bits per heavy atom. The van der Waals surface area contributed by atoms with Gasteiger partial charge in [0.05, 0.1) is 4.91 Å². The number of nitrogens with zero attached hydrogens (tertiary/aromatic N) is 2. The highest BCUT2D eigenvalue weighted by Gasteiger charge is 2.31. The van der Waals surface area contributed by atoms with Gasteiger partial charge in [-0.3, -0.25) is 14.7 Å². The molecular weight excluding hydrogens is 363 g/mol. The molecule has 27 heavy (non-hydrogen) atoms. The Morgan fingerprint density at radius 3 is 2.63 bits per heavy atom. The van der Waals surface area contributed by atoms with Gasteiger partial charge in [0.2, 0.25) is 0 Å². The van der Waals surface area contributed by atoms with Crippen molar-refractivity contribution >= 4 is 28.9 Å². The molecule has 1 fully saturated rings. The SMILES string of the molecule is CCN=C1S/C(=C/c2ccc(OCc3cccc(F)c3)cc2)C(=O)N1CC. The summed E-state index contributed by atoms with van der Waals surface area (Å²) in [5.74, 6) is 0.403. The van der Waals surface area contributed by atoms with Crippen LogP contribution >= 0.6 is 11.8 Å². The second kappa shape index (κ2) is 8.86. The summed E-state index contributed by atoms with van der Waals surface area (Å²) < 4.78 is 18.9. The smallest absolute Gasteiger partial charge is 0.266 e. The lowest BCUT2D eigenvalue weighted by molar-refractivity contribution is -0.122. The first-order valence-electron chi connectivity index (χ1n) is 8.84. The molecule has 1 aliphatic rings. The number of amides is 1. The van der Waals surface area contributed by atoms with Crippen molar-refractivity contribution < 1.29 is 13.9 Å². The van der Waals surface area contributed by atoms with E-state index in [4.69, 9.17) is 4.74 Å². The Kier molecular flexibility index (Phi) is 6.29. The summed E-state index contributed by atoms with van der Waals surface area (Å²) in [4.78, 5) is 19.2. The van der Waals surface area contributed by atoms with Crippen molar-refractivity contribution in [2.45, 2.75) is 20.5 Å². The standard InChI is InChI=1S/C21H21FN2O2S/c1-3-23-21-24(4-2)20(25)19(27-21)13-15-8-10-18(11-9-15)26-14-16-6-5-7-17(22)12-16/h5-13H,3-4,14H2,1-2H3/b19-13+,23-21?. The molecule has 0 N–H and O–H groups in total. The maximum Gasteiger partial charge on any atom is 0.266 e. The number of rotatable bonds is 6. The Bertz CT molecular complexity index is 878. The van der Waals surface area contributed by atoms with Crippen LogP contribution in [0.1, 0.15) is 25.0 Å². The minimum Gasteiger partial charge on any atom is -0.489 e. The van der Waals surface area contributed by atoms with E-state index in [2.05, 4.69) is 4.99 Å². The average Bonchev–Trinajstić information content (AvgIpc) is 2.96. The molecule has 1 heterocycles. The fourth-order valence-corrected chi connectivity index (χ4v) is 3.75. The molecule has 1 saturated heterocycles. The fourth-order valence-electron chi connectivity index (χ4n) is 2.65. The van der Waals surface area contributed by atoms with Gasteiger partial charge in [-0.15, -0.1) is 0 Å². The van der Waals surface area contributed by atoms with Gasteiger partial charge in [-0.1, -0.05) is 24.3 Å². The van der Waals surface area contributed by atoms with Crippen LogP contribution in [0.4, 0.5) is 4.39 Å².